The molecule has 0 aromatic heterocycles. The smallest absolute Gasteiger partial charge is 0.234 e. The van der Waals surface area contributed by atoms with Crippen LogP contribution in [0.3, 0.4) is 0 Å². The van der Waals surface area contributed by atoms with E-state index in [4.69, 9.17) is 0 Å². The van der Waals surface area contributed by atoms with Crippen molar-refractivity contribution in [3.63, 3.8) is 0 Å². The zero-order valence-corrected chi connectivity index (χ0v) is 14.6. The van der Waals surface area contributed by atoms with E-state index in [-0.39, 0.29) is 30.0 Å². The second-order valence-electron chi connectivity index (χ2n) is 6.43. The maximum atomic E-state index is 12.1. The maximum Gasteiger partial charge on any atom is 0.234 e. The fraction of sp³-hybridized carbons (Fsp3) is 0.389. The number of nitrogens with zero attached hydrogens (tertiary/aromatic N) is 1. The number of benzene rings is 2. The van der Waals surface area contributed by atoms with Gasteiger partial charge in [-0.2, -0.15) is 0 Å². The Morgan fingerprint density at radius 3 is 2.67 bits per heavy atom. The van der Waals surface area contributed by atoms with Crippen LogP contribution < -0.4 is 5.32 Å². The van der Waals surface area contributed by atoms with Crippen molar-refractivity contribution in [1.29, 1.82) is 0 Å². The third kappa shape index (κ3) is 4.13. The van der Waals surface area contributed by atoms with Gasteiger partial charge in [0.1, 0.15) is 0 Å². The van der Waals surface area contributed by atoms with E-state index in [2.05, 4.69) is 23.5 Å². The first-order chi connectivity index (χ1) is 11.4. The number of fused-ring (bicyclic) bond motifs is 1. The summed E-state index contributed by atoms with van der Waals surface area (Å²) in [6.45, 7) is 0.689. The van der Waals surface area contributed by atoms with E-state index in [1.165, 1.54) is 5.39 Å². The zero-order valence-electron chi connectivity index (χ0n) is 13.7. The number of likely N-dealkylation sites (N-methyl/N-ethyl adjacent to an activating group) is 1. The van der Waals surface area contributed by atoms with Gasteiger partial charge in [-0.1, -0.05) is 36.4 Å². The Morgan fingerprint density at radius 2 is 1.96 bits per heavy atom. The third-order valence-corrected chi connectivity index (χ3v) is 6.28. The van der Waals surface area contributed by atoms with Crippen molar-refractivity contribution in [3.8, 4) is 0 Å². The second kappa shape index (κ2) is 6.91. The Morgan fingerprint density at radius 1 is 1.21 bits per heavy atom. The Balaban J connectivity index is 1.53. The van der Waals surface area contributed by atoms with Gasteiger partial charge in [0.2, 0.25) is 5.91 Å². The lowest BCUT2D eigenvalue weighted by molar-refractivity contribution is -0.122. The number of hydrogen-bond donors (Lipinski definition) is 1. The molecule has 0 bridgehead atoms. The molecule has 0 spiro atoms. The van der Waals surface area contributed by atoms with Crippen LogP contribution in [-0.2, 0) is 21.2 Å². The predicted molar refractivity (Wildman–Crippen MR) is 95.5 cm³/mol. The summed E-state index contributed by atoms with van der Waals surface area (Å²) >= 11 is 0. The minimum Gasteiger partial charge on any atom is -0.351 e. The van der Waals surface area contributed by atoms with E-state index >= 15 is 0 Å². The molecule has 2 aromatic rings. The van der Waals surface area contributed by atoms with Gasteiger partial charge in [0.25, 0.3) is 0 Å². The molecule has 1 aliphatic heterocycles. The van der Waals surface area contributed by atoms with Crippen LogP contribution in [0.2, 0.25) is 0 Å². The summed E-state index contributed by atoms with van der Waals surface area (Å²) in [5, 5.41) is 5.23. The zero-order chi connectivity index (χ0) is 17.2. The van der Waals surface area contributed by atoms with Crippen molar-refractivity contribution in [2.75, 3.05) is 25.1 Å². The fourth-order valence-electron chi connectivity index (χ4n) is 3.08. The number of nitrogens with one attached hydrogen (secondary N) is 1. The molecule has 1 N–H and O–H groups in total. The summed E-state index contributed by atoms with van der Waals surface area (Å²) in [6.07, 6.45) is 0.608. The molecule has 3 rings (SSSR count). The Hall–Kier alpha value is -1.92. The molecule has 5 nitrogen and oxygen atoms in total. The van der Waals surface area contributed by atoms with Crippen LogP contribution in [0, 0.1) is 0 Å². The molecule has 0 radical (unpaired) electrons. The van der Waals surface area contributed by atoms with Gasteiger partial charge in [0.05, 0.1) is 18.1 Å². The average Bonchev–Trinajstić information content (AvgIpc) is 2.93. The van der Waals surface area contributed by atoms with Gasteiger partial charge >= 0.3 is 0 Å². The summed E-state index contributed by atoms with van der Waals surface area (Å²) in [4.78, 5) is 13.9. The third-order valence-electron chi connectivity index (χ3n) is 4.53. The number of sulfone groups is 1. The summed E-state index contributed by atoms with van der Waals surface area (Å²) in [5.74, 6) is 0.289. The first-order valence-electron chi connectivity index (χ1n) is 8.08. The minimum absolute atomic E-state index is 0.0542. The predicted octanol–water partition coefficient (Wildman–Crippen LogP) is 1.57. The molecule has 0 saturated carbocycles. The molecule has 2 aromatic carbocycles. The van der Waals surface area contributed by atoms with Crippen molar-refractivity contribution in [1.82, 2.24) is 10.2 Å². The molecule has 1 aliphatic rings. The summed E-state index contributed by atoms with van der Waals surface area (Å²) in [5.41, 5.74) is 1.05. The van der Waals surface area contributed by atoms with Crippen LogP contribution in [0.15, 0.2) is 42.5 Å². The summed E-state index contributed by atoms with van der Waals surface area (Å²) in [6, 6.07) is 14.2. The van der Waals surface area contributed by atoms with Gasteiger partial charge in [-0.15, -0.1) is 0 Å². The highest BCUT2D eigenvalue weighted by Gasteiger charge is 2.31. The van der Waals surface area contributed by atoms with Gasteiger partial charge < -0.3 is 5.32 Å². The Labute approximate surface area is 142 Å². The van der Waals surface area contributed by atoms with E-state index in [0.29, 0.717) is 13.0 Å². The molecule has 128 valence electrons. The molecule has 1 amide bonds. The lowest BCUT2D eigenvalue weighted by Crippen LogP contribution is -2.41. The molecule has 1 heterocycles. The SMILES string of the molecule is CN(CC(=O)NCc1ccc2ccccc2c1)[C@H]1CCS(=O)(=O)C1. The number of carbonyl (C=O) groups excluding carboxylic acids is 1. The molecule has 1 saturated heterocycles. The van der Waals surface area contributed by atoms with E-state index in [9.17, 15) is 13.2 Å². The summed E-state index contributed by atoms with van der Waals surface area (Å²) < 4.78 is 23.0. The molecule has 0 aliphatic carbocycles. The van der Waals surface area contributed by atoms with Crippen molar-refractivity contribution < 1.29 is 13.2 Å². The van der Waals surface area contributed by atoms with E-state index in [1.807, 2.05) is 29.2 Å². The van der Waals surface area contributed by atoms with Crippen molar-refractivity contribution in [2.24, 2.45) is 0 Å². The van der Waals surface area contributed by atoms with Gasteiger partial charge in [-0.3, -0.25) is 9.69 Å². The first kappa shape index (κ1) is 16.9. The standard InChI is InChI=1S/C18H22N2O3S/c1-20(17-8-9-24(22,23)13-17)12-18(21)19-11-14-6-7-15-4-2-3-5-16(15)10-14/h2-7,10,17H,8-9,11-13H2,1H3,(H,19,21)/t17-/m0/s1. The lowest BCUT2D eigenvalue weighted by atomic mass is 10.1. The van der Waals surface area contributed by atoms with E-state index in [0.717, 1.165) is 10.9 Å². The van der Waals surface area contributed by atoms with Crippen LogP contribution in [0.4, 0.5) is 0 Å². The molecule has 1 atom stereocenters. The van der Waals surface area contributed by atoms with E-state index in [1.54, 1.807) is 7.05 Å². The van der Waals surface area contributed by atoms with Gasteiger partial charge in [0, 0.05) is 12.6 Å². The highest BCUT2D eigenvalue weighted by Crippen LogP contribution is 2.17. The van der Waals surface area contributed by atoms with Crippen LogP contribution in [0.25, 0.3) is 10.8 Å². The Bertz CT molecular complexity index is 848. The quantitative estimate of drug-likeness (QED) is 0.893. The van der Waals surface area contributed by atoms with E-state index < -0.39 is 9.84 Å². The Kier molecular flexibility index (Phi) is 4.87. The summed E-state index contributed by atoms with van der Waals surface area (Å²) in [7, 11) is -1.12. The van der Waals surface area contributed by atoms with Crippen LogP contribution in [0.5, 0.6) is 0 Å². The normalized spacial score (nSPS) is 19.7. The fourth-order valence-corrected chi connectivity index (χ4v) is 4.89. The number of amides is 1. The van der Waals surface area contributed by atoms with Crippen LogP contribution >= 0.6 is 0 Å². The topological polar surface area (TPSA) is 66.5 Å². The minimum atomic E-state index is -2.93. The molecule has 6 heteroatoms. The molecular weight excluding hydrogens is 324 g/mol. The van der Waals surface area contributed by atoms with Crippen molar-refractivity contribution in [2.45, 2.75) is 19.0 Å². The molecule has 24 heavy (non-hydrogen) atoms. The molecule has 0 unspecified atom stereocenters. The van der Waals surface area contributed by atoms with Crippen molar-refractivity contribution >= 4 is 26.5 Å². The first-order valence-corrected chi connectivity index (χ1v) is 9.90. The van der Waals surface area contributed by atoms with Crippen LogP contribution in [-0.4, -0.2) is 50.4 Å². The molecule has 1 fully saturated rings. The molecular formula is C18H22N2O3S. The number of hydrogen-bond acceptors (Lipinski definition) is 4. The maximum absolute atomic E-state index is 12.1. The van der Waals surface area contributed by atoms with Crippen molar-refractivity contribution in [3.05, 3.63) is 48.0 Å². The number of carbonyl (C=O) groups is 1. The van der Waals surface area contributed by atoms with Crippen LogP contribution in [0.1, 0.15) is 12.0 Å². The second-order valence-corrected chi connectivity index (χ2v) is 8.66. The van der Waals surface area contributed by atoms with Gasteiger partial charge in [-0.05, 0) is 35.9 Å². The van der Waals surface area contributed by atoms with Gasteiger partial charge in [0.15, 0.2) is 9.84 Å². The lowest BCUT2D eigenvalue weighted by Gasteiger charge is -2.22. The largest absolute Gasteiger partial charge is 0.351 e. The number of rotatable bonds is 5. The average molecular weight is 346 g/mol. The highest BCUT2D eigenvalue weighted by atomic mass is 32.2. The monoisotopic (exact) mass is 346 g/mol. The van der Waals surface area contributed by atoms with Gasteiger partial charge in [-0.25, -0.2) is 8.42 Å². The highest BCUT2D eigenvalue weighted by molar-refractivity contribution is 7.91.